The molecular weight excluding hydrogens is 434 g/mol. The summed E-state index contributed by atoms with van der Waals surface area (Å²) in [7, 11) is 0. The van der Waals surface area contributed by atoms with Crippen molar-refractivity contribution < 1.29 is 0 Å². The van der Waals surface area contributed by atoms with E-state index >= 15 is 0 Å². The molecule has 1 aromatic heterocycles. The van der Waals surface area contributed by atoms with E-state index in [-0.39, 0.29) is 0 Å². The van der Waals surface area contributed by atoms with Crippen LogP contribution in [0.3, 0.4) is 0 Å². The second-order valence-corrected chi connectivity index (χ2v) is 9.24. The molecule has 7 heteroatoms. The first kappa shape index (κ1) is 21.5. The van der Waals surface area contributed by atoms with Crippen molar-refractivity contribution >= 4 is 40.0 Å². The summed E-state index contributed by atoms with van der Waals surface area (Å²) >= 11 is 0. The monoisotopic (exact) mass is 463 g/mol. The number of rotatable bonds is 6. The van der Waals surface area contributed by atoms with Gasteiger partial charge in [-0.3, -0.25) is 0 Å². The highest BCUT2D eigenvalue weighted by atomic mass is 15.4. The van der Waals surface area contributed by atoms with E-state index in [4.69, 9.17) is 15.1 Å². The van der Waals surface area contributed by atoms with E-state index < -0.39 is 0 Å². The van der Waals surface area contributed by atoms with Crippen molar-refractivity contribution in [1.29, 1.82) is 0 Å². The molecule has 2 N–H and O–H groups in total. The minimum atomic E-state index is 0.435. The fraction of sp³-hybridized carbons (Fsp3) is 0.286. The van der Waals surface area contributed by atoms with Gasteiger partial charge in [0.2, 0.25) is 17.8 Å². The van der Waals surface area contributed by atoms with Gasteiger partial charge in [-0.15, -0.1) is 0 Å². The lowest BCUT2D eigenvalue weighted by molar-refractivity contribution is 0.568. The van der Waals surface area contributed by atoms with Crippen LogP contribution >= 0.6 is 0 Å². The molecule has 7 nitrogen and oxygen atoms in total. The van der Waals surface area contributed by atoms with Gasteiger partial charge in [0.15, 0.2) is 0 Å². The molecular formula is C28H29N7. The normalized spacial score (nSPS) is 15.5. The Balaban J connectivity index is 1.32. The number of hydrazone groups is 1. The van der Waals surface area contributed by atoms with Crippen LogP contribution < -0.4 is 15.6 Å². The average Bonchev–Trinajstić information content (AvgIpc) is 3.33. The molecule has 0 atom stereocenters. The first-order chi connectivity index (χ1) is 17.2. The fourth-order valence-electron chi connectivity index (χ4n) is 5.11. The topological polar surface area (TPSA) is 78.3 Å². The maximum Gasteiger partial charge on any atom is 0.250 e. The van der Waals surface area contributed by atoms with Crippen molar-refractivity contribution in [2.45, 2.75) is 39.0 Å². The van der Waals surface area contributed by atoms with Crippen LogP contribution in [0.25, 0.3) is 10.8 Å². The molecule has 6 rings (SSSR count). The largest absolute Gasteiger partial charge is 0.341 e. The van der Waals surface area contributed by atoms with Gasteiger partial charge in [0, 0.05) is 24.3 Å². The molecule has 176 valence electrons. The van der Waals surface area contributed by atoms with Gasteiger partial charge in [-0.2, -0.15) is 20.1 Å². The lowest BCUT2D eigenvalue weighted by Gasteiger charge is -2.26. The SMILES string of the molecule is C/C(=N/Nc1nc(Nc2ccccc2)nc(N2CCCCC2)n1)c1ccc2c3c(cccc13)CC2. The lowest BCUT2D eigenvalue weighted by Crippen LogP contribution is -2.31. The summed E-state index contributed by atoms with van der Waals surface area (Å²) in [5, 5.41) is 10.7. The van der Waals surface area contributed by atoms with Gasteiger partial charge >= 0.3 is 0 Å². The Hall–Kier alpha value is -4.00. The minimum absolute atomic E-state index is 0.435. The molecule has 1 aliphatic heterocycles. The molecule has 0 spiro atoms. The van der Waals surface area contributed by atoms with Gasteiger partial charge in [0.25, 0.3) is 0 Å². The summed E-state index contributed by atoms with van der Waals surface area (Å²) in [6.07, 6.45) is 5.79. The second-order valence-electron chi connectivity index (χ2n) is 9.24. The number of hydrogen-bond acceptors (Lipinski definition) is 7. The molecule has 2 heterocycles. The maximum atomic E-state index is 4.71. The van der Waals surface area contributed by atoms with E-state index in [0.29, 0.717) is 17.8 Å². The van der Waals surface area contributed by atoms with Crippen LogP contribution in [0.2, 0.25) is 0 Å². The Morgan fingerprint density at radius 1 is 0.800 bits per heavy atom. The molecule has 1 aliphatic carbocycles. The highest BCUT2D eigenvalue weighted by molar-refractivity contribution is 6.11. The number of para-hydroxylation sites is 1. The highest BCUT2D eigenvalue weighted by Gasteiger charge is 2.18. The molecule has 0 radical (unpaired) electrons. The van der Waals surface area contributed by atoms with Crippen LogP contribution in [0.1, 0.15) is 42.9 Å². The summed E-state index contributed by atoms with van der Waals surface area (Å²) in [5.74, 6) is 1.62. The molecule has 1 saturated heterocycles. The second kappa shape index (κ2) is 9.33. The van der Waals surface area contributed by atoms with Gasteiger partial charge in [0.1, 0.15) is 0 Å². The standard InChI is InChI=1S/C28H29N7/c1-19(23-16-15-21-14-13-20-9-8-12-24(23)25(20)21)33-34-27-30-26(29-22-10-4-2-5-11-22)31-28(32-27)35-17-6-3-7-18-35/h2,4-5,8-12,15-16H,3,6-7,13-14,17-18H2,1H3,(H2,29,30,31,32,34)/b33-19-. The van der Waals surface area contributed by atoms with Crippen molar-refractivity contribution in [2.24, 2.45) is 5.10 Å². The predicted molar refractivity (Wildman–Crippen MR) is 143 cm³/mol. The number of aromatic nitrogens is 3. The van der Waals surface area contributed by atoms with E-state index in [0.717, 1.165) is 55.7 Å². The van der Waals surface area contributed by atoms with Crippen molar-refractivity contribution in [3.05, 3.63) is 77.4 Å². The summed E-state index contributed by atoms with van der Waals surface area (Å²) in [6.45, 7) is 3.94. The number of nitrogens with zero attached hydrogens (tertiary/aromatic N) is 5. The molecule has 0 amide bonds. The summed E-state index contributed by atoms with van der Waals surface area (Å²) in [6, 6.07) is 21.0. The average molecular weight is 464 g/mol. The van der Waals surface area contributed by atoms with E-state index in [2.05, 4.69) is 51.0 Å². The Labute approximate surface area is 205 Å². The molecule has 3 aromatic carbocycles. The van der Waals surface area contributed by atoms with Crippen LogP contribution in [-0.2, 0) is 12.8 Å². The van der Waals surface area contributed by atoms with Crippen LogP contribution in [-0.4, -0.2) is 33.8 Å². The van der Waals surface area contributed by atoms with E-state index in [1.165, 1.54) is 28.3 Å². The van der Waals surface area contributed by atoms with Crippen LogP contribution in [0.5, 0.6) is 0 Å². The van der Waals surface area contributed by atoms with E-state index in [9.17, 15) is 0 Å². The number of piperidine rings is 1. The third kappa shape index (κ3) is 4.41. The van der Waals surface area contributed by atoms with Gasteiger partial charge in [-0.1, -0.05) is 48.5 Å². The zero-order valence-corrected chi connectivity index (χ0v) is 20.0. The first-order valence-corrected chi connectivity index (χ1v) is 12.4. The van der Waals surface area contributed by atoms with Gasteiger partial charge in [-0.05, 0) is 73.1 Å². The van der Waals surface area contributed by atoms with E-state index in [1.807, 2.05) is 37.3 Å². The van der Waals surface area contributed by atoms with Crippen LogP contribution in [0.15, 0.2) is 65.8 Å². The van der Waals surface area contributed by atoms with Crippen molar-refractivity contribution in [1.82, 2.24) is 15.0 Å². The van der Waals surface area contributed by atoms with Gasteiger partial charge in [0.05, 0.1) is 5.71 Å². The Kier molecular flexibility index (Phi) is 5.74. The number of benzene rings is 3. The molecule has 0 bridgehead atoms. The summed E-state index contributed by atoms with van der Waals surface area (Å²) < 4.78 is 0. The van der Waals surface area contributed by atoms with Crippen molar-refractivity contribution in [3.63, 3.8) is 0 Å². The van der Waals surface area contributed by atoms with Crippen LogP contribution in [0.4, 0.5) is 23.5 Å². The zero-order valence-electron chi connectivity index (χ0n) is 20.0. The van der Waals surface area contributed by atoms with Gasteiger partial charge in [-0.25, -0.2) is 5.43 Å². The molecule has 4 aromatic rings. The molecule has 0 saturated carbocycles. The molecule has 2 aliphatic rings. The minimum Gasteiger partial charge on any atom is -0.341 e. The van der Waals surface area contributed by atoms with Crippen molar-refractivity contribution in [3.8, 4) is 0 Å². The predicted octanol–water partition coefficient (Wildman–Crippen LogP) is 5.69. The van der Waals surface area contributed by atoms with Gasteiger partial charge < -0.3 is 10.2 Å². The third-order valence-corrected chi connectivity index (χ3v) is 6.88. The number of nitrogens with one attached hydrogen (secondary N) is 2. The Morgan fingerprint density at radius 3 is 2.40 bits per heavy atom. The fourth-order valence-corrected chi connectivity index (χ4v) is 5.11. The molecule has 0 unspecified atom stereocenters. The first-order valence-electron chi connectivity index (χ1n) is 12.4. The highest BCUT2D eigenvalue weighted by Crippen LogP contribution is 2.33. The lowest BCUT2D eigenvalue weighted by atomic mass is 9.98. The summed E-state index contributed by atoms with van der Waals surface area (Å²) in [4.78, 5) is 16.3. The maximum absolute atomic E-state index is 4.71. The van der Waals surface area contributed by atoms with Crippen molar-refractivity contribution in [2.75, 3.05) is 28.7 Å². The third-order valence-electron chi connectivity index (χ3n) is 6.88. The number of hydrogen-bond donors (Lipinski definition) is 2. The quantitative estimate of drug-likeness (QED) is 0.282. The zero-order chi connectivity index (χ0) is 23.6. The van der Waals surface area contributed by atoms with E-state index in [1.54, 1.807) is 0 Å². The summed E-state index contributed by atoms with van der Waals surface area (Å²) in [5.41, 5.74) is 8.94. The Morgan fingerprint density at radius 2 is 1.57 bits per heavy atom. The Bertz CT molecular complexity index is 1380. The molecule has 35 heavy (non-hydrogen) atoms. The number of aryl methyl sites for hydroxylation is 2. The molecule has 1 fully saturated rings. The number of anilines is 4. The smallest absolute Gasteiger partial charge is 0.250 e. The van der Waals surface area contributed by atoms with Crippen LogP contribution in [0, 0.1) is 0 Å².